The molecular weight excluding hydrogens is 560 g/mol. The second-order valence-electron chi connectivity index (χ2n) is 7.67. The molecule has 1 aliphatic rings. The van der Waals surface area contributed by atoms with Gasteiger partial charge in [0, 0.05) is 21.9 Å². The van der Waals surface area contributed by atoms with Crippen LogP contribution in [0.15, 0.2) is 70.2 Å². The lowest BCUT2D eigenvalue weighted by Crippen LogP contribution is -2.40. The number of carbonyl (C=O) groups is 3. The summed E-state index contributed by atoms with van der Waals surface area (Å²) in [7, 11) is -3.46. The Labute approximate surface area is 214 Å². The molecule has 3 aromatic rings. The van der Waals surface area contributed by atoms with Gasteiger partial charge in [0.25, 0.3) is 5.91 Å². The molecule has 1 unspecified atom stereocenters. The van der Waals surface area contributed by atoms with Crippen LogP contribution in [0.5, 0.6) is 0 Å². The Morgan fingerprint density at radius 1 is 1.00 bits per heavy atom. The lowest BCUT2D eigenvalue weighted by Gasteiger charge is -2.26. The first-order valence-electron chi connectivity index (χ1n) is 10.3. The van der Waals surface area contributed by atoms with Gasteiger partial charge in [-0.15, -0.1) is 0 Å². The minimum absolute atomic E-state index is 0.131. The smallest absolute Gasteiger partial charge is 0.313 e. The SMILES string of the molecule is O=C(Nc1cccc(C(=O)Nc2ccc(Cl)cn2)c1)C(=O)NC1CCS(=O)(=O)c2ccc(Br)cc21. The van der Waals surface area contributed by atoms with Crippen LogP contribution in [0, 0.1) is 0 Å². The summed E-state index contributed by atoms with van der Waals surface area (Å²) in [5.74, 6) is -2.19. The van der Waals surface area contributed by atoms with Crippen LogP contribution in [-0.2, 0) is 19.4 Å². The van der Waals surface area contributed by atoms with Crippen molar-refractivity contribution >= 4 is 66.6 Å². The fourth-order valence-corrected chi connectivity index (χ4v) is 5.64. The average molecular weight is 578 g/mol. The van der Waals surface area contributed by atoms with Crippen molar-refractivity contribution in [3.8, 4) is 0 Å². The topological polar surface area (TPSA) is 134 Å². The molecule has 35 heavy (non-hydrogen) atoms. The highest BCUT2D eigenvalue weighted by Crippen LogP contribution is 2.34. The lowest BCUT2D eigenvalue weighted by atomic mass is 10.0. The number of halogens is 2. The summed E-state index contributed by atoms with van der Waals surface area (Å²) in [5, 5.41) is 8.10. The first kappa shape index (κ1) is 24.8. The van der Waals surface area contributed by atoms with Gasteiger partial charge in [-0.3, -0.25) is 14.4 Å². The van der Waals surface area contributed by atoms with Gasteiger partial charge in [-0.05, 0) is 60.5 Å². The first-order valence-corrected chi connectivity index (χ1v) is 13.1. The van der Waals surface area contributed by atoms with Gasteiger partial charge in [0.15, 0.2) is 9.84 Å². The number of sulfone groups is 1. The minimum Gasteiger partial charge on any atom is -0.341 e. The maximum absolute atomic E-state index is 12.6. The number of nitrogens with zero attached hydrogens (tertiary/aromatic N) is 1. The maximum Gasteiger partial charge on any atom is 0.313 e. The molecule has 1 aliphatic heterocycles. The fourth-order valence-electron chi connectivity index (χ4n) is 3.55. The van der Waals surface area contributed by atoms with Gasteiger partial charge in [-0.2, -0.15) is 0 Å². The molecule has 0 aliphatic carbocycles. The monoisotopic (exact) mass is 576 g/mol. The van der Waals surface area contributed by atoms with Crippen molar-refractivity contribution in [1.29, 1.82) is 0 Å². The van der Waals surface area contributed by atoms with Crippen molar-refractivity contribution in [2.45, 2.75) is 17.4 Å². The molecule has 3 amide bonds. The summed E-state index contributed by atoms with van der Waals surface area (Å²) >= 11 is 9.10. The first-order chi connectivity index (χ1) is 16.6. The number of hydrogen-bond donors (Lipinski definition) is 3. The molecule has 180 valence electrons. The van der Waals surface area contributed by atoms with E-state index >= 15 is 0 Å². The molecule has 3 N–H and O–H groups in total. The molecular formula is C23H18BrClN4O5S. The second kappa shape index (κ2) is 10.1. The van der Waals surface area contributed by atoms with Gasteiger partial charge in [-0.1, -0.05) is 33.6 Å². The van der Waals surface area contributed by atoms with Crippen LogP contribution in [0.1, 0.15) is 28.4 Å². The Hall–Kier alpha value is -3.28. The molecule has 4 rings (SSSR count). The Bertz CT molecular complexity index is 1430. The van der Waals surface area contributed by atoms with Gasteiger partial charge in [0.1, 0.15) is 5.82 Å². The summed E-state index contributed by atoms with van der Waals surface area (Å²) in [6, 6.07) is 13.2. The summed E-state index contributed by atoms with van der Waals surface area (Å²) < 4.78 is 25.4. The third kappa shape index (κ3) is 5.87. The van der Waals surface area contributed by atoms with Crippen molar-refractivity contribution in [2.24, 2.45) is 0 Å². The third-order valence-electron chi connectivity index (χ3n) is 5.22. The summed E-state index contributed by atoms with van der Waals surface area (Å²) in [6.07, 6.45) is 1.53. The fraction of sp³-hybridized carbons (Fsp3) is 0.130. The predicted octanol–water partition coefficient (Wildman–Crippen LogP) is 3.72. The van der Waals surface area contributed by atoms with E-state index in [1.54, 1.807) is 30.3 Å². The van der Waals surface area contributed by atoms with E-state index < -0.39 is 33.6 Å². The molecule has 0 fully saturated rings. The molecule has 1 atom stereocenters. The van der Waals surface area contributed by atoms with E-state index in [1.165, 1.54) is 30.5 Å². The molecule has 0 spiro atoms. The normalized spacial score (nSPS) is 16.0. The number of hydrogen-bond acceptors (Lipinski definition) is 6. The molecule has 12 heteroatoms. The van der Waals surface area contributed by atoms with Crippen molar-refractivity contribution in [3.05, 3.63) is 81.4 Å². The second-order valence-corrected chi connectivity index (χ2v) is 11.1. The number of amides is 3. The van der Waals surface area contributed by atoms with E-state index in [0.29, 0.717) is 20.9 Å². The Morgan fingerprint density at radius 3 is 2.54 bits per heavy atom. The Kier molecular flexibility index (Phi) is 7.20. The number of anilines is 2. The van der Waals surface area contributed by atoms with Crippen LogP contribution in [-0.4, -0.2) is 36.9 Å². The molecule has 2 aromatic carbocycles. The quantitative estimate of drug-likeness (QED) is 0.405. The molecule has 2 heterocycles. The van der Waals surface area contributed by atoms with Crippen molar-refractivity contribution in [1.82, 2.24) is 10.3 Å². The summed E-state index contributed by atoms with van der Waals surface area (Å²) in [5.41, 5.74) is 0.883. The highest BCUT2D eigenvalue weighted by molar-refractivity contribution is 9.10. The molecule has 0 bridgehead atoms. The molecule has 1 aromatic heterocycles. The predicted molar refractivity (Wildman–Crippen MR) is 134 cm³/mol. The maximum atomic E-state index is 12.6. The van der Waals surface area contributed by atoms with Gasteiger partial charge in [0.2, 0.25) is 0 Å². The van der Waals surface area contributed by atoms with E-state index in [2.05, 4.69) is 36.9 Å². The minimum atomic E-state index is -3.46. The van der Waals surface area contributed by atoms with Gasteiger partial charge < -0.3 is 16.0 Å². The summed E-state index contributed by atoms with van der Waals surface area (Å²) in [4.78, 5) is 41.7. The average Bonchev–Trinajstić information content (AvgIpc) is 2.82. The molecule has 0 radical (unpaired) electrons. The zero-order valence-corrected chi connectivity index (χ0v) is 21.1. The van der Waals surface area contributed by atoms with Gasteiger partial charge in [0.05, 0.1) is 21.7 Å². The number of pyridine rings is 1. The zero-order chi connectivity index (χ0) is 25.2. The number of benzene rings is 2. The van der Waals surface area contributed by atoms with Gasteiger partial charge >= 0.3 is 11.8 Å². The Balaban J connectivity index is 1.43. The van der Waals surface area contributed by atoms with Crippen LogP contribution < -0.4 is 16.0 Å². The van der Waals surface area contributed by atoms with Crippen LogP contribution in [0.3, 0.4) is 0 Å². The number of carbonyl (C=O) groups excluding carboxylic acids is 3. The number of rotatable bonds is 4. The van der Waals surface area contributed by atoms with Crippen LogP contribution in [0.25, 0.3) is 0 Å². The largest absolute Gasteiger partial charge is 0.341 e. The van der Waals surface area contributed by atoms with E-state index in [9.17, 15) is 22.8 Å². The molecule has 0 saturated carbocycles. The Morgan fingerprint density at radius 2 is 1.80 bits per heavy atom. The lowest BCUT2D eigenvalue weighted by molar-refractivity contribution is -0.136. The van der Waals surface area contributed by atoms with Gasteiger partial charge in [-0.25, -0.2) is 13.4 Å². The van der Waals surface area contributed by atoms with Crippen LogP contribution in [0.2, 0.25) is 5.02 Å². The van der Waals surface area contributed by atoms with Crippen molar-refractivity contribution in [3.63, 3.8) is 0 Å². The van der Waals surface area contributed by atoms with Crippen molar-refractivity contribution < 1.29 is 22.8 Å². The third-order valence-corrected chi connectivity index (χ3v) is 7.75. The van der Waals surface area contributed by atoms with E-state index in [0.717, 1.165) is 0 Å². The number of nitrogens with one attached hydrogen (secondary N) is 3. The van der Waals surface area contributed by atoms with E-state index in [4.69, 9.17) is 11.6 Å². The standard InChI is InChI=1S/C23H18BrClN4O5S/c24-14-4-6-19-17(11-14)18(8-9-35(19,33)34)28-23(32)22(31)27-16-3-1-2-13(10-16)21(30)29-20-7-5-15(25)12-26-20/h1-7,10-12,18H,8-9H2,(H,27,31)(H,28,32)(H,26,29,30). The highest BCUT2D eigenvalue weighted by Gasteiger charge is 2.32. The highest BCUT2D eigenvalue weighted by atomic mass is 79.9. The van der Waals surface area contributed by atoms with E-state index in [-0.39, 0.29) is 28.3 Å². The molecule has 9 nitrogen and oxygen atoms in total. The van der Waals surface area contributed by atoms with E-state index in [1.807, 2.05) is 0 Å². The zero-order valence-electron chi connectivity index (χ0n) is 17.9. The van der Waals surface area contributed by atoms with Crippen LogP contribution >= 0.6 is 27.5 Å². The van der Waals surface area contributed by atoms with Crippen LogP contribution in [0.4, 0.5) is 11.5 Å². The van der Waals surface area contributed by atoms with Crippen molar-refractivity contribution in [2.75, 3.05) is 16.4 Å². The molecule has 0 saturated heterocycles. The number of fused-ring (bicyclic) bond motifs is 1. The summed E-state index contributed by atoms with van der Waals surface area (Å²) in [6.45, 7) is 0. The number of aromatic nitrogens is 1.